The lowest BCUT2D eigenvalue weighted by Crippen LogP contribution is -2.31. The monoisotopic (exact) mass is 333 g/mol. The first-order valence-electron chi connectivity index (χ1n) is 7.73. The van der Waals surface area contributed by atoms with Gasteiger partial charge >= 0.3 is 0 Å². The highest BCUT2D eigenvalue weighted by atomic mass is 35.5. The van der Waals surface area contributed by atoms with Crippen molar-refractivity contribution in [2.45, 2.75) is 25.9 Å². The van der Waals surface area contributed by atoms with Crippen LogP contribution in [0.5, 0.6) is 0 Å². The predicted molar refractivity (Wildman–Crippen MR) is 88.3 cm³/mol. The van der Waals surface area contributed by atoms with Gasteiger partial charge in [-0.2, -0.15) is 5.10 Å². The van der Waals surface area contributed by atoms with Crippen molar-refractivity contribution in [3.63, 3.8) is 0 Å². The number of hydrogen-bond acceptors (Lipinski definition) is 3. The minimum Gasteiger partial charge on any atom is -0.391 e. The zero-order valence-electron chi connectivity index (χ0n) is 13.0. The highest BCUT2D eigenvalue weighted by molar-refractivity contribution is 6.31. The summed E-state index contributed by atoms with van der Waals surface area (Å²) >= 11 is 6.11. The van der Waals surface area contributed by atoms with E-state index in [9.17, 15) is 9.90 Å². The molecule has 1 fully saturated rings. The Balaban J connectivity index is 1.61. The van der Waals surface area contributed by atoms with Crippen molar-refractivity contribution in [1.29, 1.82) is 0 Å². The van der Waals surface area contributed by atoms with Crippen molar-refractivity contribution in [2.75, 3.05) is 13.1 Å². The average Bonchev–Trinajstić information content (AvgIpc) is 3.08. The van der Waals surface area contributed by atoms with Gasteiger partial charge in [0.25, 0.3) is 0 Å². The summed E-state index contributed by atoms with van der Waals surface area (Å²) in [4.78, 5) is 14.2. The molecule has 1 aliphatic rings. The minimum absolute atomic E-state index is 0.00198. The lowest BCUT2D eigenvalue weighted by atomic mass is 10.0. The number of aliphatic hydroxyl groups is 1. The smallest absolute Gasteiger partial charge is 0.227 e. The summed E-state index contributed by atoms with van der Waals surface area (Å²) in [6.45, 7) is 2.87. The topological polar surface area (TPSA) is 69.2 Å². The number of likely N-dealkylation sites (tertiary alicyclic amines) is 1. The van der Waals surface area contributed by atoms with Crippen LogP contribution >= 0.6 is 11.6 Å². The quantitative estimate of drug-likeness (QED) is 0.899. The van der Waals surface area contributed by atoms with E-state index in [-0.39, 0.29) is 18.2 Å². The molecule has 23 heavy (non-hydrogen) atoms. The number of halogens is 1. The number of aromatic amines is 1. The van der Waals surface area contributed by atoms with Gasteiger partial charge in [-0.25, -0.2) is 0 Å². The van der Waals surface area contributed by atoms with Crippen LogP contribution in [0.1, 0.15) is 17.0 Å². The first-order chi connectivity index (χ1) is 11.0. The molecule has 2 atom stereocenters. The van der Waals surface area contributed by atoms with E-state index >= 15 is 0 Å². The van der Waals surface area contributed by atoms with Crippen molar-refractivity contribution in [2.24, 2.45) is 5.92 Å². The molecule has 1 aromatic heterocycles. The van der Waals surface area contributed by atoms with Gasteiger partial charge in [-0.1, -0.05) is 29.8 Å². The molecule has 6 heteroatoms. The molecule has 1 aromatic carbocycles. The SMILES string of the molecule is Cc1cc(C[C@@H]2CN(C(=O)Cc3ccccc3Cl)C[C@@H]2O)n[nH]1. The second-order valence-corrected chi connectivity index (χ2v) is 6.55. The highest BCUT2D eigenvalue weighted by Crippen LogP contribution is 2.23. The van der Waals surface area contributed by atoms with Crippen molar-refractivity contribution in [3.8, 4) is 0 Å². The molecular weight excluding hydrogens is 314 g/mol. The number of carbonyl (C=O) groups excluding carboxylic acids is 1. The molecule has 2 heterocycles. The summed E-state index contributed by atoms with van der Waals surface area (Å²) in [6.07, 6.45) is 0.421. The lowest BCUT2D eigenvalue weighted by Gasteiger charge is -2.16. The van der Waals surface area contributed by atoms with Gasteiger partial charge < -0.3 is 10.0 Å². The van der Waals surface area contributed by atoms with Crippen molar-refractivity contribution in [1.82, 2.24) is 15.1 Å². The van der Waals surface area contributed by atoms with E-state index in [0.717, 1.165) is 17.0 Å². The van der Waals surface area contributed by atoms with Gasteiger partial charge in [0, 0.05) is 29.7 Å². The largest absolute Gasteiger partial charge is 0.391 e. The second-order valence-electron chi connectivity index (χ2n) is 6.14. The van der Waals surface area contributed by atoms with Crippen LogP contribution in [0.2, 0.25) is 5.02 Å². The first-order valence-corrected chi connectivity index (χ1v) is 8.11. The number of nitrogens with zero attached hydrogens (tertiary/aromatic N) is 2. The van der Waals surface area contributed by atoms with Crippen LogP contribution < -0.4 is 0 Å². The lowest BCUT2D eigenvalue weighted by molar-refractivity contribution is -0.129. The fourth-order valence-corrected chi connectivity index (χ4v) is 3.23. The number of amides is 1. The maximum atomic E-state index is 12.4. The molecule has 0 bridgehead atoms. The van der Waals surface area contributed by atoms with Crippen molar-refractivity contribution < 1.29 is 9.90 Å². The van der Waals surface area contributed by atoms with Crippen LogP contribution in [0.15, 0.2) is 30.3 Å². The zero-order chi connectivity index (χ0) is 16.4. The molecule has 0 aliphatic carbocycles. The van der Waals surface area contributed by atoms with E-state index in [0.29, 0.717) is 24.5 Å². The molecule has 0 radical (unpaired) electrons. The molecule has 5 nitrogen and oxygen atoms in total. The summed E-state index contributed by atoms with van der Waals surface area (Å²) in [5.41, 5.74) is 2.74. The Morgan fingerprint density at radius 3 is 2.91 bits per heavy atom. The fourth-order valence-electron chi connectivity index (χ4n) is 3.02. The van der Waals surface area contributed by atoms with E-state index in [1.54, 1.807) is 11.0 Å². The third kappa shape index (κ3) is 3.74. The third-order valence-corrected chi connectivity index (χ3v) is 4.66. The highest BCUT2D eigenvalue weighted by Gasteiger charge is 2.34. The Morgan fingerprint density at radius 1 is 1.43 bits per heavy atom. The summed E-state index contributed by atoms with van der Waals surface area (Å²) in [6, 6.07) is 9.33. The van der Waals surface area contributed by atoms with Gasteiger partial charge in [-0.15, -0.1) is 0 Å². The number of carbonyl (C=O) groups is 1. The van der Waals surface area contributed by atoms with Crippen LogP contribution in [0, 0.1) is 12.8 Å². The van der Waals surface area contributed by atoms with E-state index < -0.39 is 6.10 Å². The van der Waals surface area contributed by atoms with Crippen LogP contribution in [0.3, 0.4) is 0 Å². The zero-order valence-corrected chi connectivity index (χ0v) is 13.8. The molecule has 0 spiro atoms. The van der Waals surface area contributed by atoms with Crippen LogP contribution in [-0.2, 0) is 17.6 Å². The van der Waals surface area contributed by atoms with E-state index in [2.05, 4.69) is 10.2 Å². The Morgan fingerprint density at radius 2 is 2.22 bits per heavy atom. The Bertz CT molecular complexity index is 701. The Labute approximate surface area is 140 Å². The number of β-amino-alcohol motifs (C(OH)–C–C–N with tert-alkyl or cyclic N) is 1. The van der Waals surface area contributed by atoms with Crippen LogP contribution in [0.25, 0.3) is 0 Å². The van der Waals surface area contributed by atoms with Crippen molar-refractivity contribution >= 4 is 17.5 Å². The van der Waals surface area contributed by atoms with Gasteiger partial charge in [-0.3, -0.25) is 9.89 Å². The Kier molecular flexibility index (Phi) is 4.68. The summed E-state index contributed by atoms with van der Waals surface area (Å²) < 4.78 is 0. The number of nitrogens with one attached hydrogen (secondary N) is 1. The van der Waals surface area contributed by atoms with Gasteiger partial charge in [0.15, 0.2) is 0 Å². The predicted octanol–water partition coefficient (Wildman–Crippen LogP) is 1.98. The number of benzene rings is 1. The molecule has 122 valence electrons. The Hall–Kier alpha value is -1.85. The molecule has 0 unspecified atom stereocenters. The molecule has 1 saturated heterocycles. The minimum atomic E-state index is -0.512. The maximum absolute atomic E-state index is 12.4. The van der Waals surface area contributed by atoms with Gasteiger partial charge in [-0.05, 0) is 31.0 Å². The molecule has 2 aromatic rings. The normalized spacial score (nSPS) is 20.9. The molecule has 1 aliphatic heterocycles. The molecular formula is C17H20ClN3O2. The maximum Gasteiger partial charge on any atom is 0.227 e. The summed E-state index contributed by atoms with van der Waals surface area (Å²) in [5, 5.41) is 17.9. The van der Waals surface area contributed by atoms with E-state index in [4.69, 9.17) is 11.6 Å². The number of H-pyrrole nitrogens is 1. The molecule has 2 N–H and O–H groups in total. The standard InChI is InChI=1S/C17H20ClN3O2/c1-11-6-14(20-19-11)7-13-9-21(10-16(13)22)17(23)8-12-4-2-3-5-15(12)18/h2-6,13,16,22H,7-10H2,1H3,(H,19,20)/t13-,16+/m1/s1. The second kappa shape index (κ2) is 6.72. The first kappa shape index (κ1) is 16.0. The fraction of sp³-hybridized carbons (Fsp3) is 0.412. The average molecular weight is 334 g/mol. The third-order valence-electron chi connectivity index (χ3n) is 4.29. The number of hydrogen-bond donors (Lipinski definition) is 2. The number of aliphatic hydroxyl groups excluding tert-OH is 1. The molecule has 3 rings (SSSR count). The number of aryl methyl sites for hydroxylation is 1. The number of rotatable bonds is 4. The van der Waals surface area contributed by atoms with Gasteiger partial charge in [0.2, 0.25) is 5.91 Å². The molecule has 0 saturated carbocycles. The van der Waals surface area contributed by atoms with E-state index in [1.165, 1.54) is 0 Å². The van der Waals surface area contributed by atoms with Gasteiger partial charge in [0.1, 0.15) is 0 Å². The summed E-state index contributed by atoms with van der Waals surface area (Å²) in [5.74, 6) is 0.0192. The van der Waals surface area contributed by atoms with Crippen LogP contribution in [-0.4, -0.2) is 45.3 Å². The summed E-state index contributed by atoms with van der Waals surface area (Å²) in [7, 11) is 0. The number of aromatic nitrogens is 2. The van der Waals surface area contributed by atoms with E-state index in [1.807, 2.05) is 31.2 Å². The molecule has 1 amide bonds. The van der Waals surface area contributed by atoms with Crippen molar-refractivity contribution in [3.05, 3.63) is 52.3 Å². The van der Waals surface area contributed by atoms with Gasteiger partial charge in [0.05, 0.1) is 18.2 Å². The van der Waals surface area contributed by atoms with Crippen LogP contribution in [0.4, 0.5) is 0 Å².